The second-order valence-electron chi connectivity index (χ2n) is 7.15. The zero-order valence-corrected chi connectivity index (χ0v) is 14.3. The van der Waals surface area contributed by atoms with Crippen LogP contribution in [0.2, 0.25) is 0 Å². The van der Waals surface area contributed by atoms with Gasteiger partial charge in [-0.2, -0.15) is 5.10 Å². The number of nitrogens with one attached hydrogen (secondary N) is 1. The van der Waals surface area contributed by atoms with E-state index >= 15 is 0 Å². The van der Waals surface area contributed by atoms with Gasteiger partial charge in [-0.05, 0) is 43.0 Å². The fourth-order valence-electron chi connectivity index (χ4n) is 4.14. The van der Waals surface area contributed by atoms with E-state index in [1.165, 1.54) is 5.56 Å². The molecule has 1 amide bonds. The predicted octanol–water partition coefficient (Wildman–Crippen LogP) is 1.34. The van der Waals surface area contributed by atoms with Crippen LogP contribution in [0, 0.1) is 5.41 Å². The molecule has 0 bridgehead atoms. The Balaban J connectivity index is 1.51. The molecule has 1 aromatic heterocycles. The molecule has 4 rings (SSSR count). The minimum atomic E-state index is -0.643. The Labute approximate surface area is 147 Å². The van der Waals surface area contributed by atoms with E-state index in [-0.39, 0.29) is 5.91 Å². The van der Waals surface area contributed by atoms with Crippen molar-refractivity contribution in [1.82, 2.24) is 20.0 Å². The molecule has 6 nitrogen and oxygen atoms in total. The van der Waals surface area contributed by atoms with Crippen LogP contribution in [-0.4, -0.2) is 51.4 Å². The van der Waals surface area contributed by atoms with Crippen LogP contribution in [0.4, 0.5) is 0 Å². The first-order valence-corrected chi connectivity index (χ1v) is 8.95. The number of aliphatic hydroxyl groups excluding tert-OH is 1. The number of benzene rings is 1. The Bertz CT molecular complexity index is 746. The second-order valence-corrected chi connectivity index (χ2v) is 7.15. The highest BCUT2D eigenvalue weighted by molar-refractivity contribution is 5.84. The highest BCUT2D eigenvalue weighted by Gasteiger charge is 2.49. The molecule has 2 fully saturated rings. The smallest absolute Gasteiger partial charge is 0.230 e. The van der Waals surface area contributed by atoms with Crippen LogP contribution in [0.25, 0.3) is 5.69 Å². The third-order valence-electron chi connectivity index (χ3n) is 5.49. The molecule has 2 aliphatic heterocycles. The molecule has 132 valence electrons. The van der Waals surface area contributed by atoms with Gasteiger partial charge < -0.3 is 10.4 Å². The van der Waals surface area contributed by atoms with Crippen molar-refractivity contribution in [2.45, 2.75) is 31.9 Å². The summed E-state index contributed by atoms with van der Waals surface area (Å²) in [7, 11) is 0. The van der Waals surface area contributed by atoms with Gasteiger partial charge in [0.1, 0.15) is 0 Å². The number of aliphatic hydroxyl groups is 1. The van der Waals surface area contributed by atoms with Crippen molar-refractivity contribution in [3.8, 4) is 5.69 Å². The summed E-state index contributed by atoms with van der Waals surface area (Å²) in [5.74, 6) is 0.0150. The van der Waals surface area contributed by atoms with Gasteiger partial charge in [-0.25, -0.2) is 4.68 Å². The van der Waals surface area contributed by atoms with Crippen molar-refractivity contribution in [1.29, 1.82) is 0 Å². The van der Waals surface area contributed by atoms with Gasteiger partial charge in [-0.1, -0.05) is 12.1 Å². The van der Waals surface area contributed by atoms with E-state index in [4.69, 9.17) is 0 Å². The maximum Gasteiger partial charge on any atom is 0.230 e. The number of piperidine rings is 2. The molecule has 2 aromatic rings. The summed E-state index contributed by atoms with van der Waals surface area (Å²) >= 11 is 0. The van der Waals surface area contributed by atoms with E-state index in [2.05, 4.69) is 27.4 Å². The fraction of sp³-hybridized carbons (Fsp3) is 0.474. The number of hydrogen-bond acceptors (Lipinski definition) is 4. The van der Waals surface area contributed by atoms with E-state index < -0.39 is 11.5 Å². The average Bonchev–Trinajstić information content (AvgIpc) is 3.16. The number of aromatic nitrogens is 2. The SMILES string of the molecule is O=C1NCCC[C@]12CN(Cc1cccc(-n3cccn3)c1)CC[C@@H]2O. The van der Waals surface area contributed by atoms with Crippen molar-refractivity contribution in [2.24, 2.45) is 5.41 Å². The molecule has 0 aliphatic carbocycles. The number of amides is 1. The molecule has 2 saturated heterocycles. The van der Waals surface area contributed by atoms with Gasteiger partial charge in [0.15, 0.2) is 0 Å². The standard InChI is InChI=1S/C19H24N4O2/c24-17-6-11-22(14-19(17)7-2-8-20-18(19)25)13-15-4-1-5-16(12-15)23-10-3-9-21-23/h1,3-5,9-10,12,17,24H,2,6-8,11,13-14H2,(H,20,25)/t17-,19+/m0/s1. The Morgan fingerprint density at radius 3 is 3.08 bits per heavy atom. The maximum atomic E-state index is 12.5. The van der Waals surface area contributed by atoms with E-state index in [1.54, 1.807) is 6.20 Å². The molecule has 1 aromatic carbocycles. The normalized spacial score (nSPS) is 27.4. The van der Waals surface area contributed by atoms with Gasteiger partial charge in [-0.3, -0.25) is 9.69 Å². The molecule has 0 unspecified atom stereocenters. The van der Waals surface area contributed by atoms with E-state index in [9.17, 15) is 9.90 Å². The first-order valence-electron chi connectivity index (χ1n) is 8.95. The summed E-state index contributed by atoms with van der Waals surface area (Å²) in [4.78, 5) is 14.8. The number of likely N-dealkylation sites (tertiary alicyclic amines) is 1. The van der Waals surface area contributed by atoms with E-state index in [0.29, 0.717) is 13.0 Å². The van der Waals surface area contributed by atoms with E-state index in [0.717, 1.165) is 38.2 Å². The quantitative estimate of drug-likeness (QED) is 0.884. The Kier molecular flexibility index (Phi) is 4.31. The Morgan fingerprint density at radius 1 is 1.36 bits per heavy atom. The maximum absolute atomic E-state index is 12.5. The first-order chi connectivity index (χ1) is 12.2. The zero-order valence-electron chi connectivity index (χ0n) is 14.3. The minimum absolute atomic E-state index is 0.0150. The number of nitrogens with zero attached hydrogens (tertiary/aromatic N) is 3. The van der Waals surface area contributed by atoms with Gasteiger partial charge in [0.2, 0.25) is 5.91 Å². The zero-order chi connectivity index (χ0) is 17.3. The summed E-state index contributed by atoms with van der Waals surface area (Å²) in [6.07, 6.45) is 5.50. The van der Waals surface area contributed by atoms with Gasteiger partial charge in [0.25, 0.3) is 0 Å². The monoisotopic (exact) mass is 340 g/mol. The van der Waals surface area contributed by atoms with Crippen molar-refractivity contribution in [3.63, 3.8) is 0 Å². The highest BCUT2D eigenvalue weighted by Crippen LogP contribution is 2.37. The lowest BCUT2D eigenvalue weighted by molar-refractivity contribution is -0.149. The van der Waals surface area contributed by atoms with Crippen LogP contribution >= 0.6 is 0 Å². The molecule has 25 heavy (non-hydrogen) atoms. The van der Waals surface area contributed by atoms with Gasteiger partial charge >= 0.3 is 0 Å². The molecule has 2 N–H and O–H groups in total. The lowest BCUT2D eigenvalue weighted by Gasteiger charge is -2.47. The molecule has 3 heterocycles. The lowest BCUT2D eigenvalue weighted by Crippen LogP contribution is -2.61. The van der Waals surface area contributed by atoms with Crippen molar-refractivity contribution < 1.29 is 9.90 Å². The van der Waals surface area contributed by atoms with Crippen LogP contribution in [0.3, 0.4) is 0 Å². The topological polar surface area (TPSA) is 70.4 Å². The largest absolute Gasteiger partial charge is 0.392 e. The molecule has 2 atom stereocenters. The van der Waals surface area contributed by atoms with Crippen LogP contribution in [0.15, 0.2) is 42.7 Å². The molecule has 1 spiro atoms. The number of carbonyl (C=O) groups excluding carboxylic acids is 1. The Morgan fingerprint density at radius 2 is 2.28 bits per heavy atom. The number of rotatable bonds is 3. The Hall–Kier alpha value is -2.18. The lowest BCUT2D eigenvalue weighted by atomic mass is 9.71. The van der Waals surface area contributed by atoms with Gasteiger partial charge in [0, 0.05) is 38.6 Å². The summed E-state index contributed by atoms with van der Waals surface area (Å²) in [5.41, 5.74) is 1.58. The molecule has 0 saturated carbocycles. The molecule has 6 heteroatoms. The first kappa shape index (κ1) is 16.3. The molecular formula is C19H24N4O2. The second kappa shape index (κ2) is 6.61. The van der Waals surface area contributed by atoms with E-state index in [1.807, 2.05) is 29.1 Å². The van der Waals surface area contributed by atoms with Crippen molar-refractivity contribution >= 4 is 5.91 Å². The summed E-state index contributed by atoms with van der Waals surface area (Å²) in [6.45, 7) is 2.92. The van der Waals surface area contributed by atoms with Gasteiger partial charge in [0.05, 0.1) is 17.2 Å². The number of hydrogen-bond donors (Lipinski definition) is 2. The molecule has 2 aliphatic rings. The van der Waals surface area contributed by atoms with Crippen LogP contribution < -0.4 is 5.32 Å². The predicted molar refractivity (Wildman–Crippen MR) is 94.1 cm³/mol. The third-order valence-corrected chi connectivity index (χ3v) is 5.49. The van der Waals surface area contributed by atoms with Crippen molar-refractivity contribution in [3.05, 3.63) is 48.3 Å². The van der Waals surface area contributed by atoms with Crippen LogP contribution in [0.1, 0.15) is 24.8 Å². The van der Waals surface area contributed by atoms with Crippen LogP contribution in [-0.2, 0) is 11.3 Å². The molecule has 0 radical (unpaired) electrons. The number of carbonyl (C=O) groups is 1. The highest BCUT2D eigenvalue weighted by atomic mass is 16.3. The molecular weight excluding hydrogens is 316 g/mol. The fourth-order valence-corrected chi connectivity index (χ4v) is 4.14. The van der Waals surface area contributed by atoms with Gasteiger partial charge in [-0.15, -0.1) is 0 Å². The summed E-state index contributed by atoms with van der Waals surface area (Å²) in [5, 5.41) is 17.7. The summed E-state index contributed by atoms with van der Waals surface area (Å²) in [6, 6.07) is 10.2. The van der Waals surface area contributed by atoms with Crippen LogP contribution in [0.5, 0.6) is 0 Å². The van der Waals surface area contributed by atoms with Crippen molar-refractivity contribution in [2.75, 3.05) is 19.6 Å². The average molecular weight is 340 g/mol. The third kappa shape index (κ3) is 3.07. The summed E-state index contributed by atoms with van der Waals surface area (Å²) < 4.78 is 1.85. The minimum Gasteiger partial charge on any atom is -0.392 e.